The van der Waals surface area contributed by atoms with Crippen molar-refractivity contribution in [2.45, 2.75) is 6.92 Å². The van der Waals surface area contributed by atoms with Gasteiger partial charge in [0.05, 0.1) is 11.3 Å². The monoisotopic (exact) mass is 210 g/mol. The fourth-order valence-electron chi connectivity index (χ4n) is 1.34. The van der Waals surface area contributed by atoms with Crippen molar-refractivity contribution in [3.8, 4) is 11.3 Å². The van der Waals surface area contributed by atoms with Crippen molar-refractivity contribution in [2.24, 2.45) is 0 Å². The van der Waals surface area contributed by atoms with E-state index in [2.05, 4.69) is 4.98 Å². The van der Waals surface area contributed by atoms with Crippen LogP contribution in [0.2, 0.25) is 0 Å². The van der Waals surface area contributed by atoms with Crippen molar-refractivity contribution in [1.82, 2.24) is 4.98 Å². The number of benzene rings is 1. The van der Waals surface area contributed by atoms with Gasteiger partial charge in [0.25, 0.3) is 6.01 Å². The zero-order chi connectivity index (χ0) is 11.0. The summed E-state index contributed by atoms with van der Waals surface area (Å²) in [4.78, 5) is 3.78. The minimum atomic E-state index is -0.573. The number of aryl methyl sites for hydroxylation is 1. The maximum Gasteiger partial charge on any atom is 0.292 e. The van der Waals surface area contributed by atoms with Gasteiger partial charge in [0.15, 0.2) is 5.76 Å². The molecule has 2 rings (SSSR count). The van der Waals surface area contributed by atoms with Gasteiger partial charge in [-0.3, -0.25) is 0 Å². The van der Waals surface area contributed by atoms with E-state index in [1.165, 1.54) is 0 Å². The van der Waals surface area contributed by atoms with Crippen LogP contribution < -0.4 is 5.73 Å². The molecule has 0 unspecified atom stereocenters. The first-order valence-corrected chi connectivity index (χ1v) is 4.26. The Morgan fingerprint density at radius 2 is 2.07 bits per heavy atom. The number of oxazole rings is 1. The molecule has 2 N–H and O–H groups in total. The number of nitrogens with zero attached hydrogens (tertiary/aromatic N) is 1. The molecular weight excluding hydrogens is 202 g/mol. The van der Waals surface area contributed by atoms with Crippen molar-refractivity contribution < 1.29 is 13.2 Å². The standard InChI is InChI=1S/C10H8F2N2O/c1-5-9(15-10(13)14-5)7-4-6(11)2-3-8(7)12/h2-4H,1H3,(H2,13,14). The molecule has 1 aromatic heterocycles. The summed E-state index contributed by atoms with van der Waals surface area (Å²) in [6, 6.07) is 3.05. The number of aromatic nitrogens is 1. The lowest BCUT2D eigenvalue weighted by molar-refractivity contribution is 0.571. The molecule has 0 saturated carbocycles. The van der Waals surface area contributed by atoms with Gasteiger partial charge in [-0.1, -0.05) is 0 Å². The number of anilines is 1. The maximum atomic E-state index is 13.3. The van der Waals surface area contributed by atoms with Gasteiger partial charge >= 0.3 is 0 Å². The molecule has 0 fully saturated rings. The largest absolute Gasteiger partial charge is 0.423 e. The third-order valence-corrected chi connectivity index (χ3v) is 1.99. The second kappa shape index (κ2) is 3.34. The summed E-state index contributed by atoms with van der Waals surface area (Å²) in [5, 5.41) is 0. The fraction of sp³-hybridized carbons (Fsp3) is 0.100. The van der Waals surface area contributed by atoms with E-state index in [4.69, 9.17) is 10.2 Å². The highest BCUT2D eigenvalue weighted by molar-refractivity contribution is 5.61. The highest BCUT2D eigenvalue weighted by Crippen LogP contribution is 2.28. The van der Waals surface area contributed by atoms with E-state index in [-0.39, 0.29) is 17.3 Å². The number of nitrogens with two attached hydrogens (primary N) is 1. The molecule has 0 aliphatic heterocycles. The summed E-state index contributed by atoms with van der Waals surface area (Å²) in [6.07, 6.45) is 0. The van der Waals surface area contributed by atoms with Crippen molar-refractivity contribution >= 4 is 6.01 Å². The van der Waals surface area contributed by atoms with Crippen LogP contribution in [0, 0.1) is 18.6 Å². The summed E-state index contributed by atoms with van der Waals surface area (Å²) in [6.45, 7) is 1.61. The van der Waals surface area contributed by atoms with Crippen LogP contribution >= 0.6 is 0 Å². The Labute approximate surface area is 84.5 Å². The molecule has 0 radical (unpaired) electrons. The molecule has 0 aliphatic rings. The van der Waals surface area contributed by atoms with Gasteiger partial charge < -0.3 is 10.2 Å². The van der Waals surface area contributed by atoms with Gasteiger partial charge in [0, 0.05) is 0 Å². The molecule has 2 aromatic rings. The highest BCUT2D eigenvalue weighted by atomic mass is 19.1. The number of nitrogen functional groups attached to an aromatic ring is 1. The van der Waals surface area contributed by atoms with E-state index in [1.54, 1.807) is 6.92 Å². The molecule has 0 atom stereocenters. The van der Waals surface area contributed by atoms with Crippen LogP contribution in [0.3, 0.4) is 0 Å². The smallest absolute Gasteiger partial charge is 0.292 e. The van der Waals surface area contributed by atoms with Gasteiger partial charge in [-0.25, -0.2) is 8.78 Å². The molecule has 15 heavy (non-hydrogen) atoms. The molecule has 1 aromatic carbocycles. The Hall–Kier alpha value is -1.91. The minimum Gasteiger partial charge on any atom is -0.423 e. The topological polar surface area (TPSA) is 52.0 Å². The molecular formula is C10H8F2N2O. The first-order valence-electron chi connectivity index (χ1n) is 4.26. The predicted octanol–water partition coefficient (Wildman–Crippen LogP) is 2.51. The molecule has 0 aliphatic carbocycles. The van der Waals surface area contributed by atoms with Gasteiger partial charge in [0.1, 0.15) is 11.6 Å². The van der Waals surface area contributed by atoms with E-state index >= 15 is 0 Å². The van der Waals surface area contributed by atoms with Crippen molar-refractivity contribution in [3.05, 3.63) is 35.5 Å². The van der Waals surface area contributed by atoms with Crippen LogP contribution in [0.25, 0.3) is 11.3 Å². The van der Waals surface area contributed by atoms with Gasteiger partial charge in [0.2, 0.25) is 0 Å². The normalized spacial score (nSPS) is 10.6. The summed E-state index contributed by atoms with van der Waals surface area (Å²) >= 11 is 0. The molecule has 78 valence electrons. The first-order chi connectivity index (χ1) is 7.08. The van der Waals surface area contributed by atoms with Gasteiger partial charge in [-0.15, -0.1) is 0 Å². The fourth-order valence-corrected chi connectivity index (χ4v) is 1.34. The van der Waals surface area contributed by atoms with Gasteiger partial charge in [-0.05, 0) is 25.1 Å². The van der Waals surface area contributed by atoms with Crippen LogP contribution in [0.4, 0.5) is 14.8 Å². The molecule has 5 heteroatoms. The highest BCUT2D eigenvalue weighted by Gasteiger charge is 2.14. The molecule has 0 saturated heterocycles. The third kappa shape index (κ3) is 1.68. The van der Waals surface area contributed by atoms with E-state index in [9.17, 15) is 8.78 Å². The second-order valence-corrected chi connectivity index (χ2v) is 3.09. The Balaban J connectivity index is 2.62. The number of halogens is 2. The van der Waals surface area contributed by atoms with Crippen LogP contribution in [0.15, 0.2) is 22.6 Å². The van der Waals surface area contributed by atoms with E-state index in [0.29, 0.717) is 5.69 Å². The first kappa shape index (κ1) is 9.64. The average Bonchev–Trinajstić information content (AvgIpc) is 2.50. The molecule has 0 amide bonds. The summed E-state index contributed by atoms with van der Waals surface area (Å²) < 4.78 is 31.3. The number of rotatable bonds is 1. The van der Waals surface area contributed by atoms with Crippen molar-refractivity contribution in [2.75, 3.05) is 5.73 Å². The van der Waals surface area contributed by atoms with Crippen LogP contribution in [0.5, 0.6) is 0 Å². The molecule has 0 spiro atoms. The van der Waals surface area contributed by atoms with E-state index in [1.807, 2.05) is 0 Å². The van der Waals surface area contributed by atoms with Crippen LogP contribution in [-0.4, -0.2) is 4.98 Å². The predicted molar refractivity (Wildman–Crippen MR) is 51.0 cm³/mol. The van der Waals surface area contributed by atoms with Crippen LogP contribution in [0.1, 0.15) is 5.69 Å². The lowest BCUT2D eigenvalue weighted by atomic mass is 10.1. The zero-order valence-electron chi connectivity index (χ0n) is 7.92. The molecule has 3 nitrogen and oxygen atoms in total. The van der Waals surface area contributed by atoms with E-state index in [0.717, 1.165) is 18.2 Å². The zero-order valence-corrected chi connectivity index (χ0v) is 7.92. The quantitative estimate of drug-likeness (QED) is 0.786. The molecule has 1 heterocycles. The lowest BCUT2D eigenvalue weighted by Gasteiger charge is -1.99. The molecule has 0 bridgehead atoms. The van der Waals surface area contributed by atoms with Crippen molar-refractivity contribution in [1.29, 1.82) is 0 Å². The minimum absolute atomic E-state index is 0.0247. The number of hydrogen-bond donors (Lipinski definition) is 1. The second-order valence-electron chi connectivity index (χ2n) is 3.09. The number of hydrogen-bond acceptors (Lipinski definition) is 3. The van der Waals surface area contributed by atoms with Crippen molar-refractivity contribution in [3.63, 3.8) is 0 Å². The van der Waals surface area contributed by atoms with Gasteiger partial charge in [-0.2, -0.15) is 4.98 Å². The SMILES string of the molecule is Cc1nc(N)oc1-c1cc(F)ccc1F. The summed E-state index contributed by atoms with van der Waals surface area (Å²) in [5.74, 6) is -0.957. The third-order valence-electron chi connectivity index (χ3n) is 1.99. The van der Waals surface area contributed by atoms with Crippen LogP contribution in [-0.2, 0) is 0 Å². The summed E-state index contributed by atoms with van der Waals surface area (Å²) in [7, 11) is 0. The average molecular weight is 210 g/mol. The summed E-state index contributed by atoms with van der Waals surface area (Å²) in [5.41, 5.74) is 5.76. The maximum absolute atomic E-state index is 13.3. The Bertz CT molecular complexity index is 508. The Morgan fingerprint density at radius 3 is 2.67 bits per heavy atom. The lowest BCUT2D eigenvalue weighted by Crippen LogP contribution is -1.86. The Morgan fingerprint density at radius 1 is 1.33 bits per heavy atom. The Kier molecular flexibility index (Phi) is 2.15. The van der Waals surface area contributed by atoms with E-state index < -0.39 is 11.6 Å².